The molecule has 0 radical (unpaired) electrons. The molecule has 2 N–H and O–H groups in total. The van der Waals surface area contributed by atoms with Crippen molar-refractivity contribution in [2.75, 3.05) is 19.6 Å². The standard InChI is InChI=1S/C15H28N2O/c1-12-3-2-7-15(11-16,8-6-12)17-9-13-4-5-14(10-17)18-13/h12-14H,2-11,16H2,1H3. The molecule has 0 aromatic rings. The van der Waals surface area contributed by atoms with Crippen molar-refractivity contribution in [3.8, 4) is 0 Å². The van der Waals surface area contributed by atoms with Crippen molar-refractivity contribution in [2.45, 2.75) is 69.6 Å². The fraction of sp³-hybridized carbons (Fsp3) is 1.00. The van der Waals surface area contributed by atoms with Gasteiger partial charge in [-0.25, -0.2) is 0 Å². The monoisotopic (exact) mass is 252 g/mol. The Labute approximate surface area is 111 Å². The van der Waals surface area contributed by atoms with Crippen LogP contribution in [0.5, 0.6) is 0 Å². The van der Waals surface area contributed by atoms with E-state index in [-0.39, 0.29) is 5.54 Å². The summed E-state index contributed by atoms with van der Waals surface area (Å²) >= 11 is 0. The minimum absolute atomic E-state index is 0.287. The molecule has 2 saturated heterocycles. The molecule has 0 aromatic heterocycles. The number of hydrogen-bond acceptors (Lipinski definition) is 3. The van der Waals surface area contributed by atoms with Gasteiger partial charge in [0.05, 0.1) is 12.2 Å². The van der Waals surface area contributed by atoms with Crippen LogP contribution in [0.2, 0.25) is 0 Å². The van der Waals surface area contributed by atoms with Crippen LogP contribution in [0.3, 0.4) is 0 Å². The number of nitrogens with two attached hydrogens (primary N) is 1. The molecule has 2 aliphatic heterocycles. The van der Waals surface area contributed by atoms with Crippen molar-refractivity contribution in [1.29, 1.82) is 0 Å². The van der Waals surface area contributed by atoms with E-state index in [1.807, 2.05) is 0 Å². The maximum Gasteiger partial charge on any atom is 0.0707 e. The molecule has 2 heterocycles. The second-order valence-electron chi connectivity index (χ2n) is 6.83. The van der Waals surface area contributed by atoms with Gasteiger partial charge in [-0.2, -0.15) is 0 Å². The van der Waals surface area contributed by atoms with Crippen LogP contribution in [0.1, 0.15) is 51.9 Å². The van der Waals surface area contributed by atoms with Crippen molar-refractivity contribution in [3.63, 3.8) is 0 Å². The summed E-state index contributed by atoms with van der Waals surface area (Å²) in [6.45, 7) is 5.49. The fourth-order valence-electron chi connectivity index (χ4n) is 4.22. The fourth-order valence-corrected chi connectivity index (χ4v) is 4.22. The van der Waals surface area contributed by atoms with Crippen molar-refractivity contribution >= 4 is 0 Å². The van der Waals surface area contributed by atoms with Gasteiger partial charge >= 0.3 is 0 Å². The zero-order valence-corrected chi connectivity index (χ0v) is 11.7. The maximum atomic E-state index is 6.21. The highest BCUT2D eigenvalue weighted by atomic mass is 16.5. The second kappa shape index (κ2) is 5.10. The van der Waals surface area contributed by atoms with E-state index < -0.39 is 0 Å². The van der Waals surface area contributed by atoms with Gasteiger partial charge in [-0.05, 0) is 38.0 Å². The topological polar surface area (TPSA) is 38.5 Å². The van der Waals surface area contributed by atoms with Crippen molar-refractivity contribution in [1.82, 2.24) is 4.90 Å². The van der Waals surface area contributed by atoms with Crippen molar-refractivity contribution in [3.05, 3.63) is 0 Å². The first-order valence-corrected chi connectivity index (χ1v) is 7.82. The lowest BCUT2D eigenvalue weighted by atomic mass is 9.87. The highest BCUT2D eigenvalue weighted by molar-refractivity contribution is 4.99. The molecule has 4 unspecified atom stereocenters. The summed E-state index contributed by atoms with van der Waals surface area (Å²) in [5.41, 5.74) is 6.50. The summed E-state index contributed by atoms with van der Waals surface area (Å²) in [6, 6.07) is 0. The first-order valence-electron chi connectivity index (χ1n) is 7.82. The summed E-state index contributed by atoms with van der Waals surface area (Å²) in [5, 5.41) is 0. The number of rotatable bonds is 2. The van der Waals surface area contributed by atoms with Gasteiger partial charge in [0.1, 0.15) is 0 Å². The highest BCUT2D eigenvalue weighted by Crippen LogP contribution is 2.38. The Balaban J connectivity index is 1.74. The average Bonchev–Trinajstić information content (AvgIpc) is 2.61. The van der Waals surface area contributed by atoms with Gasteiger partial charge in [-0.1, -0.05) is 19.8 Å². The Hall–Kier alpha value is -0.120. The zero-order valence-electron chi connectivity index (χ0n) is 11.7. The van der Waals surface area contributed by atoms with Gasteiger partial charge in [0.15, 0.2) is 0 Å². The van der Waals surface area contributed by atoms with Gasteiger partial charge in [0.25, 0.3) is 0 Å². The minimum atomic E-state index is 0.287. The molecule has 3 aliphatic rings. The molecule has 104 valence electrons. The molecular formula is C15H28N2O. The van der Waals surface area contributed by atoms with Crippen LogP contribution in [0.4, 0.5) is 0 Å². The molecule has 18 heavy (non-hydrogen) atoms. The lowest BCUT2D eigenvalue weighted by Crippen LogP contribution is -2.59. The quantitative estimate of drug-likeness (QED) is 0.765. The van der Waals surface area contributed by atoms with E-state index in [1.165, 1.54) is 44.9 Å². The molecular weight excluding hydrogens is 224 g/mol. The summed E-state index contributed by atoms with van der Waals surface area (Å²) in [5.74, 6) is 0.885. The first-order chi connectivity index (χ1) is 8.72. The Morgan fingerprint density at radius 2 is 1.83 bits per heavy atom. The number of fused-ring (bicyclic) bond motifs is 2. The van der Waals surface area contributed by atoms with Crippen LogP contribution in [0, 0.1) is 5.92 Å². The van der Waals surface area contributed by atoms with E-state index in [0.29, 0.717) is 12.2 Å². The number of morpholine rings is 1. The molecule has 3 fully saturated rings. The van der Waals surface area contributed by atoms with Crippen molar-refractivity contribution in [2.24, 2.45) is 11.7 Å². The van der Waals surface area contributed by atoms with E-state index in [9.17, 15) is 0 Å². The van der Waals surface area contributed by atoms with Gasteiger partial charge in [-0.3, -0.25) is 4.90 Å². The molecule has 0 aromatic carbocycles. The van der Waals surface area contributed by atoms with Crippen LogP contribution in [-0.4, -0.2) is 42.3 Å². The Kier molecular flexibility index (Phi) is 3.65. The normalized spacial score (nSPS) is 46.0. The van der Waals surface area contributed by atoms with E-state index in [2.05, 4.69) is 11.8 Å². The predicted octanol–water partition coefficient (Wildman–Crippen LogP) is 2.15. The molecule has 3 nitrogen and oxygen atoms in total. The predicted molar refractivity (Wildman–Crippen MR) is 73.5 cm³/mol. The maximum absolute atomic E-state index is 6.21. The van der Waals surface area contributed by atoms with Gasteiger partial charge < -0.3 is 10.5 Å². The molecule has 3 heteroatoms. The minimum Gasteiger partial charge on any atom is -0.372 e. The van der Waals surface area contributed by atoms with E-state index in [1.54, 1.807) is 0 Å². The summed E-state index contributed by atoms with van der Waals surface area (Å²) in [7, 11) is 0. The highest BCUT2D eigenvalue weighted by Gasteiger charge is 2.43. The van der Waals surface area contributed by atoms with Gasteiger partial charge in [0, 0.05) is 25.2 Å². The molecule has 0 amide bonds. The van der Waals surface area contributed by atoms with Gasteiger partial charge in [0.2, 0.25) is 0 Å². The molecule has 1 saturated carbocycles. The van der Waals surface area contributed by atoms with E-state index >= 15 is 0 Å². The SMILES string of the molecule is CC1CCCC(CN)(N2CC3CCC(C2)O3)CC1. The third-order valence-electron chi connectivity index (χ3n) is 5.54. The summed E-state index contributed by atoms with van der Waals surface area (Å²) in [6.07, 6.45) is 10.2. The summed E-state index contributed by atoms with van der Waals surface area (Å²) in [4.78, 5) is 2.71. The average molecular weight is 252 g/mol. The van der Waals surface area contributed by atoms with E-state index in [4.69, 9.17) is 10.5 Å². The summed E-state index contributed by atoms with van der Waals surface area (Å²) < 4.78 is 5.98. The number of nitrogens with zero attached hydrogens (tertiary/aromatic N) is 1. The van der Waals surface area contributed by atoms with Gasteiger partial charge in [-0.15, -0.1) is 0 Å². The van der Waals surface area contributed by atoms with Crippen LogP contribution in [-0.2, 0) is 4.74 Å². The third-order valence-corrected chi connectivity index (χ3v) is 5.54. The number of hydrogen-bond donors (Lipinski definition) is 1. The third kappa shape index (κ3) is 2.33. The lowest BCUT2D eigenvalue weighted by Gasteiger charge is -2.47. The van der Waals surface area contributed by atoms with Crippen LogP contribution < -0.4 is 5.73 Å². The number of likely N-dealkylation sites (tertiary alicyclic amines) is 1. The smallest absolute Gasteiger partial charge is 0.0707 e. The molecule has 4 atom stereocenters. The Morgan fingerprint density at radius 3 is 2.50 bits per heavy atom. The Bertz CT molecular complexity index is 284. The molecule has 1 aliphatic carbocycles. The first kappa shape index (κ1) is 12.9. The van der Waals surface area contributed by atoms with Crippen molar-refractivity contribution < 1.29 is 4.74 Å². The number of ether oxygens (including phenoxy) is 1. The molecule has 3 rings (SSSR count). The van der Waals surface area contributed by atoms with E-state index in [0.717, 1.165) is 25.6 Å². The molecule has 0 spiro atoms. The van der Waals surface area contributed by atoms with Crippen LogP contribution in [0.15, 0.2) is 0 Å². The van der Waals surface area contributed by atoms with Crippen LogP contribution in [0.25, 0.3) is 0 Å². The lowest BCUT2D eigenvalue weighted by molar-refractivity contribution is -0.0806. The zero-order chi connectivity index (χ0) is 12.6. The Morgan fingerprint density at radius 1 is 1.11 bits per heavy atom. The largest absolute Gasteiger partial charge is 0.372 e. The van der Waals surface area contributed by atoms with Crippen LogP contribution >= 0.6 is 0 Å². The second-order valence-corrected chi connectivity index (χ2v) is 6.83. The molecule has 2 bridgehead atoms.